The molecular weight excluding hydrogens is 243 g/mol. The molecule has 2 aliphatic rings. The van der Waals surface area contributed by atoms with Crippen LogP contribution in [-0.2, 0) is 17.5 Å². The molecule has 98 valence electrons. The van der Waals surface area contributed by atoms with E-state index in [9.17, 15) is 13.2 Å². The molecule has 0 amide bonds. The van der Waals surface area contributed by atoms with Crippen LogP contribution < -0.4 is 5.32 Å². The molecule has 1 saturated heterocycles. The van der Waals surface area contributed by atoms with E-state index in [1.165, 1.54) is 6.07 Å². The first-order chi connectivity index (χ1) is 8.47. The van der Waals surface area contributed by atoms with Gasteiger partial charge in [0.2, 0.25) is 0 Å². The van der Waals surface area contributed by atoms with Crippen molar-refractivity contribution < 1.29 is 17.9 Å². The smallest absolute Gasteiger partial charge is 0.372 e. The third kappa shape index (κ3) is 1.82. The van der Waals surface area contributed by atoms with Crippen molar-refractivity contribution in [3.8, 4) is 0 Å². The van der Waals surface area contributed by atoms with Crippen molar-refractivity contribution in [1.29, 1.82) is 0 Å². The Hall–Kier alpha value is -1.07. The van der Waals surface area contributed by atoms with Crippen LogP contribution in [0.2, 0.25) is 0 Å². The van der Waals surface area contributed by atoms with Crippen molar-refractivity contribution >= 4 is 0 Å². The minimum absolute atomic E-state index is 0.0142. The van der Waals surface area contributed by atoms with Gasteiger partial charge in [-0.1, -0.05) is 11.6 Å². The Morgan fingerprint density at radius 3 is 2.78 bits per heavy atom. The molecule has 18 heavy (non-hydrogen) atoms. The maximum absolute atomic E-state index is 13.0. The topological polar surface area (TPSA) is 21.3 Å². The summed E-state index contributed by atoms with van der Waals surface area (Å²) in [4.78, 5) is 0. The molecule has 0 aromatic heterocycles. The van der Waals surface area contributed by atoms with Crippen LogP contribution in [0, 0.1) is 6.92 Å². The van der Waals surface area contributed by atoms with Gasteiger partial charge in [-0.25, -0.2) is 0 Å². The lowest BCUT2D eigenvalue weighted by Gasteiger charge is -2.30. The molecule has 3 rings (SSSR count). The van der Waals surface area contributed by atoms with E-state index in [1.54, 1.807) is 6.92 Å². The van der Waals surface area contributed by atoms with Gasteiger partial charge in [-0.2, -0.15) is 13.2 Å². The third-order valence-electron chi connectivity index (χ3n) is 3.73. The van der Waals surface area contributed by atoms with Gasteiger partial charge in [0, 0.05) is 19.0 Å². The highest BCUT2D eigenvalue weighted by Gasteiger charge is 2.40. The van der Waals surface area contributed by atoms with E-state index in [0.29, 0.717) is 17.7 Å². The number of alkyl halides is 3. The molecule has 0 radical (unpaired) electrons. The summed E-state index contributed by atoms with van der Waals surface area (Å²) in [5.74, 6) is 0.0507. The summed E-state index contributed by atoms with van der Waals surface area (Å²) in [6.07, 6.45) is -4.29. The molecule has 2 heterocycles. The standard InChI is InChI=1S/C13H14F3NO/c1-7-2-8-9-4-17-5-12(9)18-6-10(8)11(3-7)13(14,15)16/h2-3,9,12,17H,4-6H2,1H3/t9-,12-/m0/s1. The Morgan fingerprint density at radius 2 is 2.06 bits per heavy atom. The highest BCUT2D eigenvalue weighted by molar-refractivity contribution is 5.44. The zero-order valence-corrected chi connectivity index (χ0v) is 9.97. The van der Waals surface area contributed by atoms with E-state index in [1.807, 2.05) is 6.07 Å². The van der Waals surface area contributed by atoms with Crippen LogP contribution in [0.4, 0.5) is 13.2 Å². The minimum Gasteiger partial charge on any atom is -0.372 e. The van der Waals surface area contributed by atoms with Crippen molar-refractivity contribution in [2.24, 2.45) is 0 Å². The van der Waals surface area contributed by atoms with Crippen LogP contribution >= 0.6 is 0 Å². The molecule has 1 aromatic carbocycles. The van der Waals surface area contributed by atoms with Gasteiger partial charge in [-0.15, -0.1) is 0 Å². The number of rotatable bonds is 0. The number of hydrogen-bond acceptors (Lipinski definition) is 2. The first kappa shape index (κ1) is 12.0. The average molecular weight is 257 g/mol. The van der Waals surface area contributed by atoms with Crippen molar-refractivity contribution in [3.63, 3.8) is 0 Å². The number of fused-ring (bicyclic) bond motifs is 3. The summed E-state index contributed by atoms with van der Waals surface area (Å²) < 4.78 is 44.6. The molecular formula is C13H14F3NO. The van der Waals surface area contributed by atoms with E-state index in [-0.39, 0.29) is 18.6 Å². The van der Waals surface area contributed by atoms with E-state index in [0.717, 1.165) is 12.1 Å². The molecule has 2 atom stereocenters. The molecule has 1 fully saturated rings. The van der Waals surface area contributed by atoms with E-state index >= 15 is 0 Å². The summed E-state index contributed by atoms with van der Waals surface area (Å²) >= 11 is 0. The van der Waals surface area contributed by atoms with Crippen molar-refractivity contribution in [1.82, 2.24) is 5.32 Å². The fraction of sp³-hybridized carbons (Fsp3) is 0.538. The number of aryl methyl sites for hydroxylation is 1. The van der Waals surface area contributed by atoms with Crippen molar-refractivity contribution in [2.75, 3.05) is 13.1 Å². The minimum atomic E-state index is -4.31. The van der Waals surface area contributed by atoms with Crippen LogP contribution in [0.1, 0.15) is 28.2 Å². The first-order valence-electron chi connectivity index (χ1n) is 6.00. The van der Waals surface area contributed by atoms with Gasteiger partial charge >= 0.3 is 6.18 Å². The fourth-order valence-corrected chi connectivity index (χ4v) is 2.92. The molecule has 0 unspecified atom stereocenters. The molecule has 0 spiro atoms. The molecule has 0 bridgehead atoms. The predicted octanol–water partition coefficient (Wildman–Crippen LogP) is 2.60. The lowest BCUT2D eigenvalue weighted by atomic mass is 9.85. The zero-order valence-electron chi connectivity index (χ0n) is 9.97. The predicted molar refractivity (Wildman–Crippen MR) is 60.4 cm³/mol. The van der Waals surface area contributed by atoms with Crippen LogP contribution in [0.15, 0.2) is 12.1 Å². The Labute approximate surface area is 103 Å². The highest BCUT2D eigenvalue weighted by atomic mass is 19.4. The average Bonchev–Trinajstić information content (AvgIpc) is 2.74. The Kier molecular flexibility index (Phi) is 2.64. The van der Waals surface area contributed by atoms with Crippen LogP contribution in [-0.4, -0.2) is 19.2 Å². The van der Waals surface area contributed by atoms with Crippen LogP contribution in [0.5, 0.6) is 0 Å². The van der Waals surface area contributed by atoms with Crippen LogP contribution in [0.25, 0.3) is 0 Å². The zero-order chi connectivity index (χ0) is 12.9. The second kappa shape index (κ2) is 3.96. The molecule has 5 heteroatoms. The van der Waals surface area contributed by atoms with E-state index < -0.39 is 11.7 Å². The van der Waals surface area contributed by atoms with Gasteiger partial charge in [0.15, 0.2) is 0 Å². The number of halogens is 3. The third-order valence-corrected chi connectivity index (χ3v) is 3.73. The fourth-order valence-electron chi connectivity index (χ4n) is 2.92. The Bertz CT molecular complexity index is 484. The second-order valence-corrected chi connectivity index (χ2v) is 4.99. The van der Waals surface area contributed by atoms with Gasteiger partial charge in [0.05, 0.1) is 18.3 Å². The summed E-state index contributed by atoms with van der Waals surface area (Å²) in [6, 6.07) is 3.09. The lowest BCUT2D eigenvalue weighted by Crippen LogP contribution is -2.29. The molecule has 0 saturated carbocycles. The number of nitrogens with one attached hydrogen (secondary N) is 1. The molecule has 1 aromatic rings. The molecule has 0 aliphatic carbocycles. The SMILES string of the molecule is Cc1cc2c(c(C(F)(F)F)c1)CO[C@H]1CNC[C@@H]21. The second-order valence-electron chi connectivity index (χ2n) is 4.99. The lowest BCUT2D eigenvalue weighted by molar-refractivity contribution is -0.139. The van der Waals surface area contributed by atoms with Gasteiger partial charge in [-0.05, 0) is 24.1 Å². The molecule has 2 nitrogen and oxygen atoms in total. The van der Waals surface area contributed by atoms with Gasteiger partial charge < -0.3 is 10.1 Å². The maximum atomic E-state index is 13.0. The summed E-state index contributed by atoms with van der Waals surface area (Å²) in [6.45, 7) is 3.19. The quantitative estimate of drug-likeness (QED) is 0.771. The number of benzene rings is 1. The first-order valence-corrected chi connectivity index (χ1v) is 6.00. The van der Waals surface area contributed by atoms with Crippen LogP contribution in [0.3, 0.4) is 0 Å². The number of hydrogen-bond donors (Lipinski definition) is 1. The van der Waals surface area contributed by atoms with E-state index in [2.05, 4.69) is 5.32 Å². The Balaban J connectivity index is 2.15. The normalized spacial score (nSPS) is 26.9. The summed E-state index contributed by atoms with van der Waals surface area (Å²) in [5, 5.41) is 3.18. The number of ether oxygens (including phenoxy) is 1. The van der Waals surface area contributed by atoms with Gasteiger partial charge in [-0.3, -0.25) is 0 Å². The van der Waals surface area contributed by atoms with Crippen molar-refractivity contribution in [2.45, 2.75) is 31.7 Å². The highest BCUT2D eigenvalue weighted by Crippen LogP contribution is 2.41. The Morgan fingerprint density at radius 1 is 1.28 bits per heavy atom. The monoisotopic (exact) mass is 257 g/mol. The maximum Gasteiger partial charge on any atom is 0.416 e. The summed E-state index contributed by atoms with van der Waals surface area (Å²) in [5.41, 5.74) is 1.25. The van der Waals surface area contributed by atoms with Crippen molar-refractivity contribution in [3.05, 3.63) is 34.4 Å². The van der Waals surface area contributed by atoms with Gasteiger partial charge in [0.1, 0.15) is 0 Å². The van der Waals surface area contributed by atoms with E-state index in [4.69, 9.17) is 4.74 Å². The molecule has 1 N–H and O–H groups in total. The molecule has 2 aliphatic heterocycles. The van der Waals surface area contributed by atoms with Gasteiger partial charge in [0.25, 0.3) is 0 Å². The largest absolute Gasteiger partial charge is 0.416 e. The summed E-state index contributed by atoms with van der Waals surface area (Å²) in [7, 11) is 0.